The Labute approximate surface area is 151 Å². The Morgan fingerprint density at radius 2 is 2.12 bits per heavy atom. The largest absolute Gasteiger partial charge is 0.304 e. The molecule has 0 saturated heterocycles. The van der Waals surface area contributed by atoms with Crippen LogP contribution in [0.25, 0.3) is 9.88 Å². The van der Waals surface area contributed by atoms with Gasteiger partial charge in [-0.2, -0.15) is 5.10 Å². The van der Waals surface area contributed by atoms with Crippen molar-refractivity contribution < 1.29 is 4.79 Å². The molecular formula is C17H13N5OS2. The summed E-state index contributed by atoms with van der Waals surface area (Å²) in [6.45, 7) is 0.552. The summed E-state index contributed by atoms with van der Waals surface area (Å²) in [5.74, 6) is 0.230. The van der Waals surface area contributed by atoms with Crippen LogP contribution in [-0.4, -0.2) is 25.7 Å². The van der Waals surface area contributed by atoms with Gasteiger partial charge in [-0.15, -0.1) is 22.7 Å². The van der Waals surface area contributed by atoms with Crippen molar-refractivity contribution in [2.24, 2.45) is 0 Å². The molecule has 4 aromatic rings. The van der Waals surface area contributed by atoms with E-state index in [2.05, 4.69) is 20.4 Å². The van der Waals surface area contributed by atoms with Crippen LogP contribution in [0, 0.1) is 0 Å². The van der Waals surface area contributed by atoms with Gasteiger partial charge in [0.1, 0.15) is 10.7 Å². The molecule has 0 aliphatic carbocycles. The molecule has 1 N–H and O–H groups in total. The highest BCUT2D eigenvalue weighted by atomic mass is 32.1. The number of pyridine rings is 1. The Morgan fingerprint density at radius 1 is 1.16 bits per heavy atom. The Bertz CT molecular complexity index is 976. The smallest absolute Gasteiger partial charge is 0.276 e. The second-order valence-electron chi connectivity index (χ2n) is 5.19. The first kappa shape index (κ1) is 15.7. The maximum atomic E-state index is 12.3. The standard InChI is InChI=1S/C17H13N5OS2/c23-16(13-11-25-17(19-13)14-5-3-9-24-14)20-15-6-8-22(21-15)10-12-4-1-2-7-18-12/h1-9,11H,10H2,(H,20,21,23). The quantitative estimate of drug-likeness (QED) is 0.583. The highest BCUT2D eigenvalue weighted by Gasteiger charge is 2.13. The number of hydrogen-bond acceptors (Lipinski definition) is 6. The van der Waals surface area contributed by atoms with Gasteiger partial charge in [-0.3, -0.25) is 14.5 Å². The second kappa shape index (κ2) is 6.96. The average molecular weight is 367 g/mol. The number of anilines is 1. The van der Waals surface area contributed by atoms with Gasteiger partial charge < -0.3 is 5.32 Å². The van der Waals surface area contributed by atoms with E-state index in [1.54, 1.807) is 33.7 Å². The maximum Gasteiger partial charge on any atom is 0.276 e. The van der Waals surface area contributed by atoms with Crippen LogP contribution < -0.4 is 5.32 Å². The predicted octanol–water partition coefficient (Wildman–Crippen LogP) is 3.76. The van der Waals surface area contributed by atoms with Gasteiger partial charge in [-0.1, -0.05) is 12.1 Å². The molecule has 0 saturated carbocycles. The third-order valence-electron chi connectivity index (χ3n) is 3.40. The number of aromatic nitrogens is 4. The first-order valence-electron chi connectivity index (χ1n) is 7.52. The van der Waals surface area contributed by atoms with Crippen molar-refractivity contribution in [3.05, 3.63) is 70.9 Å². The zero-order valence-electron chi connectivity index (χ0n) is 13.0. The van der Waals surface area contributed by atoms with Crippen LogP contribution in [0.2, 0.25) is 0 Å². The van der Waals surface area contributed by atoms with Gasteiger partial charge in [-0.05, 0) is 23.6 Å². The molecule has 4 aromatic heterocycles. The van der Waals surface area contributed by atoms with Crippen LogP contribution in [0.1, 0.15) is 16.2 Å². The van der Waals surface area contributed by atoms with Gasteiger partial charge in [0.15, 0.2) is 5.82 Å². The van der Waals surface area contributed by atoms with Crippen LogP contribution in [0.5, 0.6) is 0 Å². The summed E-state index contributed by atoms with van der Waals surface area (Å²) < 4.78 is 1.73. The summed E-state index contributed by atoms with van der Waals surface area (Å²) in [5.41, 5.74) is 1.30. The molecule has 1 amide bonds. The van der Waals surface area contributed by atoms with E-state index in [0.717, 1.165) is 15.6 Å². The molecule has 0 radical (unpaired) electrons. The third-order valence-corrected chi connectivity index (χ3v) is 5.28. The number of nitrogens with zero attached hydrogens (tertiary/aromatic N) is 4. The van der Waals surface area contributed by atoms with E-state index >= 15 is 0 Å². The van der Waals surface area contributed by atoms with Crippen molar-refractivity contribution in [1.29, 1.82) is 0 Å². The fourth-order valence-electron chi connectivity index (χ4n) is 2.25. The Kier molecular flexibility index (Phi) is 4.36. The van der Waals surface area contributed by atoms with Crippen molar-refractivity contribution >= 4 is 34.4 Å². The molecule has 0 bridgehead atoms. The minimum atomic E-state index is -0.262. The van der Waals surface area contributed by atoms with Crippen molar-refractivity contribution in [2.75, 3.05) is 5.32 Å². The fourth-order valence-corrected chi connectivity index (χ4v) is 3.86. The van der Waals surface area contributed by atoms with Crippen LogP contribution >= 0.6 is 22.7 Å². The van der Waals surface area contributed by atoms with Gasteiger partial charge in [0.05, 0.1) is 17.1 Å². The molecule has 4 heterocycles. The molecule has 0 aromatic carbocycles. The van der Waals surface area contributed by atoms with Gasteiger partial charge in [0, 0.05) is 23.8 Å². The van der Waals surface area contributed by atoms with E-state index in [-0.39, 0.29) is 5.91 Å². The molecular weight excluding hydrogens is 354 g/mol. The van der Waals surface area contributed by atoms with Crippen molar-refractivity contribution in [1.82, 2.24) is 19.7 Å². The summed E-state index contributed by atoms with van der Waals surface area (Å²) in [7, 11) is 0. The van der Waals surface area contributed by atoms with Crippen LogP contribution in [0.15, 0.2) is 59.6 Å². The minimum Gasteiger partial charge on any atom is -0.304 e. The molecule has 0 fully saturated rings. The molecule has 8 heteroatoms. The van der Waals surface area contributed by atoms with Crippen LogP contribution in [0.4, 0.5) is 5.82 Å². The van der Waals surface area contributed by atoms with E-state index in [1.165, 1.54) is 11.3 Å². The van der Waals surface area contributed by atoms with E-state index in [0.29, 0.717) is 18.1 Å². The van der Waals surface area contributed by atoms with Gasteiger partial charge in [0.2, 0.25) is 0 Å². The lowest BCUT2D eigenvalue weighted by atomic mass is 10.3. The van der Waals surface area contributed by atoms with E-state index < -0.39 is 0 Å². The Morgan fingerprint density at radius 3 is 2.92 bits per heavy atom. The summed E-state index contributed by atoms with van der Waals surface area (Å²) in [6.07, 6.45) is 3.55. The molecule has 124 valence electrons. The first-order valence-corrected chi connectivity index (χ1v) is 9.28. The van der Waals surface area contributed by atoms with Gasteiger partial charge >= 0.3 is 0 Å². The lowest BCUT2D eigenvalue weighted by molar-refractivity contribution is 0.102. The van der Waals surface area contributed by atoms with E-state index in [4.69, 9.17) is 0 Å². The average Bonchev–Trinajstić information content (AvgIpc) is 3.37. The molecule has 4 rings (SSSR count). The zero-order chi connectivity index (χ0) is 17.1. The molecule has 0 unspecified atom stereocenters. The number of carbonyl (C=O) groups excluding carboxylic acids is 1. The number of amides is 1. The lowest BCUT2D eigenvalue weighted by Crippen LogP contribution is -2.13. The molecule has 25 heavy (non-hydrogen) atoms. The van der Waals surface area contributed by atoms with Crippen LogP contribution in [-0.2, 0) is 6.54 Å². The predicted molar refractivity (Wildman–Crippen MR) is 98.9 cm³/mol. The maximum absolute atomic E-state index is 12.3. The van der Waals surface area contributed by atoms with Crippen molar-refractivity contribution in [3.8, 4) is 9.88 Å². The third kappa shape index (κ3) is 3.65. The number of rotatable bonds is 5. The SMILES string of the molecule is O=C(Nc1ccn(Cc2ccccn2)n1)c1csc(-c2cccs2)n1. The number of thiazole rings is 1. The molecule has 6 nitrogen and oxygen atoms in total. The van der Waals surface area contributed by atoms with Crippen molar-refractivity contribution in [2.45, 2.75) is 6.54 Å². The Hall–Kier alpha value is -2.84. The number of carbonyl (C=O) groups is 1. The Balaban J connectivity index is 1.43. The zero-order valence-corrected chi connectivity index (χ0v) is 14.6. The highest BCUT2D eigenvalue weighted by Crippen LogP contribution is 2.27. The van der Waals surface area contributed by atoms with Gasteiger partial charge in [0.25, 0.3) is 5.91 Å². The summed E-state index contributed by atoms with van der Waals surface area (Å²) in [4.78, 5) is 22.1. The fraction of sp³-hybridized carbons (Fsp3) is 0.0588. The summed E-state index contributed by atoms with van der Waals surface area (Å²) >= 11 is 3.06. The number of thiophene rings is 1. The van der Waals surface area contributed by atoms with Crippen molar-refractivity contribution in [3.63, 3.8) is 0 Å². The second-order valence-corrected chi connectivity index (χ2v) is 6.99. The number of hydrogen-bond donors (Lipinski definition) is 1. The highest BCUT2D eigenvalue weighted by molar-refractivity contribution is 7.20. The van der Waals surface area contributed by atoms with Crippen LogP contribution in [0.3, 0.4) is 0 Å². The molecule has 0 aliphatic rings. The topological polar surface area (TPSA) is 72.7 Å². The monoisotopic (exact) mass is 367 g/mol. The normalized spacial score (nSPS) is 10.7. The van der Waals surface area contributed by atoms with E-state index in [9.17, 15) is 4.79 Å². The number of nitrogens with one attached hydrogen (secondary N) is 1. The van der Waals surface area contributed by atoms with E-state index in [1.807, 2.05) is 41.9 Å². The summed E-state index contributed by atoms with van der Waals surface area (Å²) in [5, 5.41) is 11.7. The lowest BCUT2D eigenvalue weighted by Gasteiger charge is -2.01. The first-order chi connectivity index (χ1) is 12.3. The minimum absolute atomic E-state index is 0.262. The summed E-state index contributed by atoms with van der Waals surface area (Å²) in [6, 6.07) is 11.5. The molecule has 0 aliphatic heterocycles. The molecule has 0 atom stereocenters. The van der Waals surface area contributed by atoms with Gasteiger partial charge in [-0.25, -0.2) is 4.98 Å². The molecule has 0 spiro atoms.